The molecule has 1 aliphatic rings. The number of aliphatic imine (C=N–C) groups is 1. The fourth-order valence-electron chi connectivity index (χ4n) is 2.60. The predicted molar refractivity (Wildman–Crippen MR) is 106 cm³/mol. The number of alkyl halides is 3. The zero-order valence-electron chi connectivity index (χ0n) is 16.4. The van der Waals surface area contributed by atoms with Crippen molar-refractivity contribution in [2.75, 3.05) is 30.1 Å². The van der Waals surface area contributed by atoms with E-state index >= 15 is 0 Å². The fourth-order valence-corrected chi connectivity index (χ4v) is 2.68. The predicted octanol–water partition coefficient (Wildman–Crippen LogP) is 2.02. The second-order valence-corrected chi connectivity index (χ2v) is 6.87. The van der Waals surface area contributed by atoms with Gasteiger partial charge in [0.1, 0.15) is 23.9 Å². The Morgan fingerprint density at radius 1 is 1.34 bits per heavy atom. The number of rotatable bonds is 6. The van der Waals surface area contributed by atoms with Gasteiger partial charge in [0, 0.05) is 0 Å². The van der Waals surface area contributed by atoms with Crippen LogP contribution in [0.5, 0.6) is 11.8 Å². The van der Waals surface area contributed by atoms with E-state index in [4.69, 9.17) is 32.5 Å². The molecule has 0 spiro atoms. The number of ether oxygens (including phenoxy) is 3. The molecular formula is C17H17ClF3N7O4. The number of anilines is 2. The summed E-state index contributed by atoms with van der Waals surface area (Å²) in [7, 11) is 0. The van der Waals surface area contributed by atoms with E-state index in [1.165, 1.54) is 0 Å². The Hall–Kier alpha value is -3.55. The van der Waals surface area contributed by atoms with E-state index < -0.39 is 41.7 Å². The van der Waals surface area contributed by atoms with Crippen molar-refractivity contribution in [3.05, 3.63) is 29.8 Å². The fraction of sp³-hybridized carbons (Fsp3) is 0.353. The summed E-state index contributed by atoms with van der Waals surface area (Å²) in [5.41, 5.74) is 7.81. The molecule has 0 bridgehead atoms. The Labute approximate surface area is 183 Å². The van der Waals surface area contributed by atoms with E-state index in [9.17, 15) is 18.0 Å². The number of nitrogen functional groups attached to an aromatic ring is 1. The summed E-state index contributed by atoms with van der Waals surface area (Å²) in [5, 5.41) is 2.16. The van der Waals surface area contributed by atoms with Gasteiger partial charge in [-0.3, -0.25) is 5.32 Å². The molecule has 0 unspecified atom stereocenters. The first kappa shape index (κ1) is 23.1. The van der Waals surface area contributed by atoms with Crippen molar-refractivity contribution in [1.29, 1.82) is 0 Å². The number of nitrogens with one attached hydrogen (secondary N) is 1. The second-order valence-electron chi connectivity index (χ2n) is 6.49. The maximum absolute atomic E-state index is 14.5. The van der Waals surface area contributed by atoms with E-state index in [0.29, 0.717) is 0 Å². The number of amidine groups is 1. The molecular weight excluding hydrogens is 459 g/mol. The zero-order chi connectivity index (χ0) is 23.5. The smallest absolute Gasteiger partial charge is 0.419 e. The van der Waals surface area contributed by atoms with Crippen LogP contribution in [0.1, 0.15) is 12.6 Å². The minimum absolute atomic E-state index is 0.0613. The molecule has 32 heavy (non-hydrogen) atoms. The summed E-state index contributed by atoms with van der Waals surface area (Å²) < 4.78 is 57.9. The van der Waals surface area contributed by atoms with Crippen LogP contribution in [0, 0.1) is 5.82 Å². The first-order chi connectivity index (χ1) is 15.1. The minimum Gasteiger partial charge on any atom is -0.475 e. The number of aromatic nitrogens is 3. The van der Waals surface area contributed by atoms with Crippen LogP contribution in [0.15, 0.2) is 23.3 Å². The summed E-state index contributed by atoms with van der Waals surface area (Å²) in [4.78, 5) is 27.1. The van der Waals surface area contributed by atoms with Crippen molar-refractivity contribution in [2.24, 2.45) is 10.7 Å². The molecule has 0 aliphatic carbocycles. The summed E-state index contributed by atoms with van der Waals surface area (Å²) in [6, 6.07) is 1.31. The van der Waals surface area contributed by atoms with Crippen LogP contribution in [-0.4, -0.2) is 52.1 Å². The number of amides is 1. The topological polar surface area (TPSA) is 160 Å². The molecule has 15 heteroatoms. The van der Waals surface area contributed by atoms with Crippen LogP contribution in [0.2, 0.25) is 0 Å². The Balaban J connectivity index is 1.79. The van der Waals surface area contributed by atoms with Crippen LogP contribution < -0.4 is 26.3 Å². The lowest BCUT2D eigenvalue weighted by molar-refractivity contribution is -0.118. The third-order valence-corrected chi connectivity index (χ3v) is 4.40. The average molecular weight is 476 g/mol. The van der Waals surface area contributed by atoms with Gasteiger partial charge in [-0.25, -0.2) is 24.1 Å². The van der Waals surface area contributed by atoms with Gasteiger partial charge in [0.15, 0.2) is 18.0 Å². The zero-order valence-corrected chi connectivity index (χ0v) is 17.2. The van der Waals surface area contributed by atoms with Gasteiger partial charge in [0.2, 0.25) is 5.88 Å². The van der Waals surface area contributed by atoms with E-state index in [0.717, 1.165) is 25.3 Å². The molecule has 2 aromatic heterocycles. The molecule has 1 amide bonds. The van der Waals surface area contributed by atoms with Crippen molar-refractivity contribution in [2.45, 2.75) is 18.4 Å². The first-order valence-corrected chi connectivity index (χ1v) is 9.42. The molecule has 2 aromatic rings. The molecule has 172 valence electrons. The van der Waals surface area contributed by atoms with Gasteiger partial charge in [0.25, 0.3) is 11.9 Å². The molecule has 1 aliphatic heterocycles. The molecule has 3 rings (SSSR count). The number of pyridine rings is 1. The number of hydrogen-bond donors (Lipinski definition) is 3. The number of nitrogens with two attached hydrogens (primary N) is 2. The maximum atomic E-state index is 14.5. The van der Waals surface area contributed by atoms with Crippen molar-refractivity contribution in [3.8, 4) is 11.8 Å². The highest BCUT2D eigenvalue weighted by Gasteiger charge is 2.57. The van der Waals surface area contributed by atoms with E-state index in [-0.39, 0.29) is 35.9 Å². The Morgan fingerprint density at radius 3 is 2.78 bits per heavy atom. The van der Waals surface area contributed by atoms with Crippen LogP contribution >= 0.6 is 11.6 Å². The van der Waals surface area contributed by atoms with Crippen molar-refractivity contribution >= 4 is 35.4 Å². The second kappa shape index (κ2) is 8.90. The van der Waals surface area contributed by atoms with Crippen LogP contribution in [0.25, 0.3) is 0 Å². The van der Waals surface area contributed by atoms with Crippen molar-refractivity contribution in [1.82, 2.24) is 15.0 Å². The minimum atomic E-state index is -3.64. The lowest BCUT2D eigenvalue weighted by Gasteiger charge is -2.36. The molecule has 1 atom stereocenters. The van der Waals surface area contributed by atoms with Gasteiger partial charge in [-0.1, -0.05) is 0 Å². The van der Waals surface area contributed by atoms with Crippen LogP contribution in [0.4, 0.5) is 29.6 Å². The quantitative estimate of drug-likeness (QED) is 0.531. The third kappa shape index (κ3) is 4.69. The van der Waals surface area contributed by atoms with Gasteiger partial charge in [-0.2, -0.15) is 13.8 Å². The molecule has 5 N–H and O–H groups in total. The van der Waals surface area contributed by atoms with E-state index in [2.05, 4.69) is 30.0 Å². The molecule has 0 saturated carbocycles. The SMILES string of the molecule is C[C@]1(c2nc(NC(=O)Oc3ncc(OCCCl)nc3N)ccc2F)N=C(N)OCC1(F)F. The molecule has 11 nitrogen and oxygen atoms in total. The number of carbonyl (C=O) groups excluding carboxylic acids is 1. The van der Waals surface area contributed by atoms with E-state index in [1.807, 2.05) is 0 Å². The Kier molecular flexibility index (Phi) is 6.43. The van der Waals surface area contributed by atoms with Gasteiger partial charge in [-0.05, 0) is 19.1 Å². The Morgan fingerprint density at radius 2 is 2.09 bits per heavy atom. The summed E-state index contributed by atoms with van der Waals surface area (Å²) in [6.45, 7) is -0.0169. The summed E-state index contributed by atoms with van der Waals surface area (Å²) in [5.74, 6) is -5.39. The highest BCUT2D eigenvalue weighted by molar-refractivity contribution is 6.18. The number of nitrogens with zero attached hydrogens (tertiary/aromatic N) is 4. The lowest BCUT2D eigenvalue weighted by atomic mass is 9.89. The van der Waals surface area contributed by atoms with E-state index in [1.54, 1.807) is 0 Å². The van der Waals surface area contributed by atoms with Crippen LogP contribution in [0.3, 0.4) is 0 Å². The third-order valence-electron chi connectivity index (χ3n) is 4.24. The van der Waals surface area contributed by atoms with Gasteiger partial charge < -0.3 is 25.7 Å². The first-order valence-electron chi connectivity index (χ1n) is 8.89. The van der Waals surface area contributed by atoms with Crippen molar-refractivity contribution in [3.63, 3.8) is 0 Å². The number of carbonyl (C=O) groups is 1. The molecule has 3 heterocycles. The van der Waals surface area contributed by atoms with Crippen LogP contribution in [-0.2, 0) is 10.3 Å². The summed E-state index contributed by atoms with van der Waals surface area (Å²) >= 11 is 5.50. The normalized spacial score (nSPS) is 19.5. The molecule has 0 fully saturated rings. The van der Waals surface area contributed by atoms with Gasteiger partial charge in [0.05, 0.1) is 12.1 Å². The lowest BCUT2D eigenvalue weighted by Crippen LogP contribution is -2.51. The molecule has 0 saturated heterocycles. The Bertz CT molecular complexity index is 1060. The number of hydrogen-bond acceptors (Lipinski definition) is 10. The maximum Gasteiger partial charge on any atom is 0.419 e. The highest BCUT2D eigenvalue weighted by Crippen LogP contribution is 2.43. The summed E-state index contributed by atoms with van der Waals surface area (Å²) in [6.07, 6.45) is 0.00775. The number of halogens is 4. The van der Waals surface area contributed by atoms with Gasteiger partial charge >= 0.3 is 12.0 Å². The average Bonchev–Trinajstić information content (AvgIpc) is 2.73. The largest absolute Gasteiger partial charge is 0.475 e. The highest BCUT2D eigenvalue weighted by atomic mass is 35.5. The standard InChI is InChI=1S/C17H17ClF3N7O4/c1-16(17(20,21)7-31-14(23)28-16)11-8(19)2-3-9(25-11)26-15(29)32-13-12(22)27-10(6-24-13)30-5-4-18/h2-3,6H,4-5,7H2,1H3,(H2,22,27)(H2,23,28)(H,25,26,29)/t16-/m1/s1. The molecule has 0 aromatic carbocycles. The molecule has 0 radical (unpaired) electrons. The van der Waals surface area contributed by atoms with Gasteiger partial charge in [-0.15, -0.1) is 11.6 Å². The monoisotopic (exact) mass is 475 g/mol. The van der Waals surface area contributed by atoms with Crippen molar-refractivity contribution < 1.29 is 32.2 Å².